The Labute approximate surface area is 90.0 Å². The number of nitrogens with one attached hydrogen (secondary N) is 1. The number of carbonyl (C=O) groups excluding carboxylic acids is 1. The zero-order valence-electron chi connectivity index (χ0n) is 9.49. The van der Waals surface area contributed by atoms with E-state index in [2.05, 4.69) is 19.2 Å². The summed E-state index contributed by atoms with van der Waals surface area (Å²) in [6.07, 6.45) is 0.520. The highest BCUT2D eigenvalue weighted by atomic mass is 16.4. The zero-order valence-corrected chi connectivity index (χ0v) is 9.49. The van der Waals surface area contributed by atoms with Gasteiger partial charge in [0.25, 0.3) is 0 Å². The molecule has 0 aromatic heterocycles. The van der Waals surface area contributed by atoms with Gasteiger partial charge in [-0.1, -0.05) is 13.8 Å². The van der Waals surface area contributed by atoms with Crippen LogP contribution in [0.15, 0.2) is 0 Å². The van der Waals surface area contributed by atoms with Crippen LogP contribution < -0.4 is 11.1 Å². The van der Waals surface area contributed by atoms with E-state index in [1.807, 2.05) is 6.92 Å². The topological polar surface area (TPSA) is 92.4 Å². The number of hydrogen-bond acceptors (Lipinski definition) is 3. The highest BCUT2D eigenvalue weighted by Crippen LogP contribution is 2.04. The van der Waals surface area contributed by atoms with E-state index in [0.717, 1.165) is 6.42 Å². The molecule has 4 N–H and O–H groups in total. The van der Waals surface area contributed by atoms with Gasteiger partial charge in [-0.15, -0.1) is 0 Å². The van der Waals surface area contributed by atoms with Crippen LogP contribution in [0.5, 0.6) is 0 Å². The average Bonchev–Trinajstić information content (AvgIpc) is 2.00. The minimum Gasteiger partial charge on any atom is -0.481 e. The summed E-state index contributed by atoms with van der Waals surface area (Å²) in [7, 11) is 0. The van der Waals surface area contributed by atoms with E-state index in [1.165, 1.54) is 0 Å². The second-order valence-corrected chi connectivity index (χ2v) is 4.24. The lowest BCUT2D eigenvalue weighted by Crippen LogP contribution is -2.45. The van der Waals surface area contributed by atoms with E-state index in [4.69, 9.17) is 10.8 Å². The number of carbonyl (C=O) groups is 2. The van der Waals surface area contributed by atoms with E-state index < -0.39 is 17.9 Å². The lowest BCUT2D eigenvalue weighted by atomic mass is 10.0. The van der Waals surface area contributed by atoms with Gasteiger partial charge in [0.1, 0.15) is 0 Å². The summed E-state index contributed by atoms with van der Waals surface area (Å²) < 4.78 is 0. The molecular formula is C10H20N2O3. The summed E-state index contributed by atoms with van der Waals surface area (Å²) in [5.74, 6) is -0.976. The van der Waals surface area contributed by atoms with Crippen molar-refractivity contribution in [3.63, 3.8) is 0 Å². The van der Waals surface area contributed by atoms with Crippen molar-refractivity contribution in [3.05, 3.63) is 0 Å². The number of aliphatic carboxylic acids is 1. The number of carboxylic acids is 1. The number of amides is 1. The third-order valence-electron chi connectivity index (χ3n) is 1.94. The summed E-state index contributed by atoms with van der Waals surface area (Å²) in [4.78, 5) is 21.7. The first kappa shape index (κ1) is 13.9. The van der Waals surface area contributed by atoms with Gasteiger partial charge >= 0.3 is 5.97 Å². The molecule has 0 unspecified atom stereocenters. The first-order valence-electron chi connectivity index (χ1n) is 5.10. The Morgan fingerprint density at radius 2 is 1.87 bits per heavy atom. The predicted molar refractivity (Wildman–Crippen MR) is 57.3 cm³/mol. The van der Waals surface area contributed by atoms with Crippen molar-refractivity contribution >= 4 is 11.9 Å². The van der Waals surface area contributed by atoms with Crippen molar-refractivity contribution in [2.24, 2.45) is 11.7 Å². The molecule has 0 aromatic carbocycles. The predicted octanol–water partition coefficient (Wildman–Crippen LogP) is 0.339. The summed E-state index contributed by atoms with van der Waals surface area (Å²) in [6.45, 7) is 5.99. The summed E-state index contributed by atoms with van der Waals surface area (Å²) in [5, 5.41) is 11.1. The largest absolute Gasteiger partial charge is 0.481 e. The first-order valence-corrected chi connectivity index (χ1v) is 5.10. The van der Waals surface area contributed by atoms with Crippen molar-refractivity contribution < 1.29 is 14.7 Å². The molecule has 0 saturated heterocycles. The van der Waals surface area contributed by atoms with Crippen LogP contribution in [0, 0.1) is 5.92 Å². The molecule has 0 aromatic rings. The molecule has 88 valence electrons. The molecule has 0 aliphatic rings. The van der Waals surface area contributed by atoms with Crippen LogP contribution in [0.1, 0.15) is 33.6 Å². The number of carboxylic acid groups (broad SMARTS) is 1. The average molecular weight is 216 g/mol. The van der Waals surface area contributed by atoms with E-state index in [0.29, 0.717) is 5.92 Å². The second kappa shape index (κ2) is 6.40. The summed E-state index contributed by atoms with van der Waals surface area (Å²) in [6, 6.07) is -0.936. The molecule has 0 radical (unpaired) electrons. The normalized spacial score (nSPS) is 14.7. The summed E-state index contributed by atoms with van der Waals surface area (Å²) in [5.41, 5.74) is 5.40. The maximum atomic E-state index is 11.4. The molecule has 0 aliphatic carbocycles. The van der Waals surface area contributed by atoms with Crippen LogP contribution in [0.3, 0.4) is 0 Å². The highest BCUT2D eigenvalue weighted by molar-refractivity contribution is 5.86. The van der Waals surface area contributed by atoms with Gasteiger partial charge < -0.3 is 16.2 Å². The van der Waals surface area contributed by atoms with Crippen molar-refractivity contribution in [2.45, 2.75) is 45.7 Å². The lowest BCUT2D eigenvalue weighted by Gasteiger charge is -2.18. The molecule has 0 rings (SSSR count). The fourth-order valence-corrected chi connectivity index (χ4v) is 1.40. The van der Waals surface area contributed by atoms with Crippen LogP contribution in [-0.4, -0.2) is 29.1 Å². The number of hydrogen-bond donors (Lipinski definition) is 3. The van der Waals surface area contributed by atoms with E-state index in [1.54, 1.807) is 0 Å². The van der Waals surface area contributed by atoms with E-state index in [-0.39, 0.29) is 12.5 Å². The zero-order chi connectivity index (χ0) is 12.0. The van der Waals surface area contributed by atoms with Crippen LogP contribution in [0.2, 0.25) is 0 Å². The van der Waals surface area contributed by atoms with Crippen molar-refractivity contribution in [2.75, 3.05) is 0 Å². The van der Waals surface area contributed by atoms with Gasteiger partial charge in [-0.2, -0.15) is 0 Å². The maximum Gasteiger partial charge on any atom is 0.305 e. The fourth-order valence-electron chi connectivity index (χ4n) is 1.40. The molecule has 5 nitrogen and oxygen atoms in total. The molecule has 0 heterocycles. The third kappa shape index (κ3) is 6.90. The van der Waals surface area contributed by atoms with Crippen molar-refractivity contribution in [1.29, 1.82) is 0 Å². The fraction of sp³-hybridized carbons (Fsp3) is 0.800. The molecule has 0 spiro atoms. The Hall–Kier alpha value is -1.10. The maximum absolute atomic E-state index is 11.4. The van der Waals surface area contributed by atoms with Gasteiger partial charge in [0.05, 0.1) is 12.5 Å². The van der Waals surface area contributed by atoms with Crippen LogP contribution in [-0.2, 0) is 9.59 Å². The quantitative estimate of drug-likeness (QED) is 0.597. The van der Waals surface area contributed by atoms with Gasteiger partial charge in [0, 0.05) is 6.04 Å². The number of nitrogens with two attached hydrogens (primary N) is 1. The highest BCUT2D eigenvalue weighted by Gasteiger charge is 2.18. The van der Waals surface area contributed by atoms with Crippen LogP contribution in [0.25, 0.3) is 0 Å². The monoisotopic (exact) mass is 216 g/mol. The van der Waals surface area contributed by atoms with Crippen LogP contribution >= 0.6 is 0 Å². The van der Waals surface area contributed by atoms with Gasteiger partial charge in [-0.05, 0) is 19.3 Å². The van der Waals surface area contributed by atoms with Crippen molar-refractivity contribution in [1.82, 2.24) is 5.32 Å². The SMILES string of the molecule is CC(C)C[C@H](C)NC(=O)[C@H](N)CC(=O)O. The molecule has 0 aliphatic heterocycles. The first-order chi connectivity index (χ1) is 6.82. The van der Waals surface area contributed by atoms with Gasteiger partial charge in [-0.3, -0.25) is 9.59 Å². The van der Waals surface area contributed by atoms with E-state index in [9.17, 15) is 9.59 Å². The molecule has 1 amide bonds. The Balaban J connectivity index is 3.95. The minimum absolute atomic E-state index is 0.0253. The molecule has 0 fully saturated rings. The second-order valence-electron chi connectivity index (χ2n) is 4.24. The molecule has 0 bridgehead atoms. The van der Waals surface area contributed by atoms with Gasteiger partial charge in [0.2, 0.25) is 5.91 Å². The standard InChI is InChI=1S/C10H20N2O3/c1-6(2)4-7(3)12-10(15)8(11)5-9(13)14/h6-8H,4-5,11H2,1-3H3,(H,12,15)(H,13,14)/t7-,8+/m0/s1. The Kier molecular flexibility index (Phi) is 5.93. The minimum atomic E-state index is -1.06. The Morgan fingerprint density at radius 1 is 1.33 bits per heavy atom. The molecule has 2 atom stereocenters. The summed E-state index contributed by atoms with van der Waals surface area (Å²) >= 11 is 0. The van der Waals surface area contributed by atoms with Crippen LogP contribution in [0.4, 0.5) is 0 Å². The third-order valence-corrected chi connectivity index (χ3v) is 1.94. The Morgan fingerprint density at radius 3 is 2.27 bits per heavy atom. The number of rotatable bonds is 6. The molecule has 5 heteroatoms. The van der Waals surface area contributed by atoms with Gasteiger partial charge in [0.15, 0.2) is 0 Å². The van der Waals surface area contributed by atoms with Crippen molar-refractivity contribution in [3.8, 4) is 0 Å². The smallest absolute Gasteiger partial charge is 0.305 e. The molecule has 0 saturated carbocycles. The molecular weight excluding hydrogens is 196 g/mol. The molecule has 15 heavy (non-hydrogen) atoms. The Bertz CT molecular complexity index is 229. The van der Waals surface area contributed by atoms with Gasteiger partial charge in [-0.25, -0.2) is 0 Å². The van der Waals surface area contributed by atoms with E-state index >= 15 is 0 Å². The lowest BCUT2D eigenvalue weighted by molar-refractivity contribution is -0.139.